The lowest BCUT2D eigenvalue weighted by molar-refractivity contribution is 0.0284. The first-order chi connectivity index (χ1) is 13.0. The Balaban J connectivity index is 2.42. The first-order valence-electron chi connectivity index (χ1n) is 9.58. The van der Waals surface area contributed by atoms with Crippen molar-refractivity contribution in [3.05, 3.63) is 0 Å². The van der Waals surface area contributed by atoms with E-state index < -0.39 is 5.66 Å². The van der Waals surface area contributed by atoms with Crippen molar-refractivity contribution >= 4 is 62.6 Å². The van der Waals surface area contributed by atoms with Gasteiger partial charge >= 0.3 is 12.1 Å². The highest BCUT2D eigenvalue weighted by Gasteiger charge is 2.66. The molecular weight excluding hydrogens is 420 g/mol. The molecule has 0 spiro atoms. The van der Waals surface area contributed by atoms with Crippen molar-refractivity contribution in [3.63, 3.8) is 0 Å². The van der Waals surface area contributed by atoms with Gasteiger partial charge in [0.2, 0.25) is 0 Å². The molecule has 2 fully saturated rings. The lowest BCUT2D eigenvalue weighted by atomic mass is 10.1. The fraction of sp³-hybridized carbons (Fsp3) is 0.882. The zero-order valence-electron chi connectivity index (χ0n) is 16.0. The summed E-state index contributed by atoms with van der Waals surface area (Å²) in [5, 5.41) is 0. The van der Waals surface area contributed by atoms with Crippen LogP contribution in [-0.2, 0) is 0 Å². The summed E-state index contributed by atoms with van der Waals surface area (Å²) in [6.45, 7) is 4.43. The molecule has 0 radical (unpaired) electrons. The Morgan fingerprint density at radius 3 is 1.37 bits per heavy atom. The molecule has 0 aromatic rings. The summed E-state index contributed by atoms with van der Waals surface area (Å²) in [6, 6.07) is 0.00984. The second kappa shape index (κ2) is 10.6. The number of carbonyl (C=O) groups excluding carboxylic acids is 2. The number of nitrogens with zero attached hydrogens (tertiary/aromatic N) is 4. The topological polar surface area (TPSA) is 47.1 Å². The van der Waals surface area contributed by atoms with Crippen LogP contribution >= 0.6 is 50.5 Å². The van der Waals surface area contributed by atoms with Gasteiger partial charge in [-0.1, -0.05) is 0 Å². The zero-order valence-corrected chi connectivity index (χ0v) is 19.5. The van der Waals surface area contributed by atoms with Crippen LogP contribution in [0.25, 0.3) is 0 Å². The van der Waals surface area contributed by atoms with Crippen LogP contribution in [0, 0.1) is 0 Å². The summed E-state index contributed by atoms with van der Waals surface area (Å²) < 4.78 is 0. The normalized spacial score (nSPS) is 25.1. The van der Waals surface area contributed by atoms with Crippen LogP contribution in [0.3, 0.4) is 0 Å². The van der Waals surface area contributed by atoms with Crippen LogP contribution in [-0.4, -0.2) is 92.7 Å². The van der Waals surface area contributed by atoms with Crippen LogP contribution in [0.5, 0.6) is 0 Å². The predicted octanol–water partition coefficient (Wildman–Crippen LogP) is 2.78. The van der Waals surface area contributed by atoms with Gasteiger partial charge in [0.1, 0.15) is 0 Å². The van der Waals surface area contributed by atoms with E-state index in [1.807, 2.05) is 26.5 Å². The van der Waals surface area contributed by atoms with Crippen LogP contribution < -0.4 is 0 Å². The van der Waals surface area contributed by atoms with E-state index in [1.165, 1.54) is 0 Å². The van der Waals surface area contributed by atoms with Crippen molar-refractivity contribution < 1.29 is 9.59 Å². The van der Waals surface area contributed by atoms with Crippen LogP contribution in [0.1, 0.15) is 32.6 Å². The molecular formula is C17H32N4O2S4. The highest BCUT2D eigenvalue weighted by molar-refractivity contribution is 7.80. The summed E-state index contributed by atoms with van der Waals surface area (Å²) in [6.07, 6.45) is 2.91. The second-order valence-corrected chi connectivity index (χ2v) is 8.82. The average Bonchev–Trinajstić information content (AvgIpc) is 2.99. The largest absolute Gasteiger partial charge is 0.323 e. The smallest absolute Gasteiger partial charge is 0.300 e. The van der Waals surface area contributed by atoms with E-state index in [2.05, 4.69) is 50.5 Å². The minimum absolute atomic E-state index is 0.00492. The molecule has 0 unspecified atom stereocenters. The fourth-order valence-electron chi connectivity index (χ4n) is 4.11. The maximum Gasteiger partial charge on any atom is 0.323 e. The molecule has 10 heteroatoms. The van der Waals surface area contributed by atoms with E-state index in [0.717, 1.165) is 25.7 Å². The molecule has 156 valence electrons. The molecule has 0 aromatic heterocycles. The van der Waals surface area contributed by atoms with E-state index in [4.69, 9.17) is 0 Å². The van der Waals surface area contributed by atoms with Crippen molar-refractivity contribution in [2.45, 2.75) is 44.4 Å². The number of carbonyl (C=O) groups is 2. The molecule has 2 rings (SSSR count). The third kappa shape index (κ3) is 4.43. The van der Waals surface area contributed by atoms with E-state index >= 15 is 0 Å². The highest BCUT2D eigenvalue weighted by atomic mass is 32.1. The summed E-state index contributed by atoms with van der Waals surface area (Å²) >= 11 is 17.2. The Hall–Kier alpha value is -0.0600. The third-order valence-electron chi connectivity index (χ3n) is 5.32. The minimum atomic E-state index is -0.673. The van der Waals surface area contributed by atoms with E-state index in [9.17, 15) is 9.59 Å². The lowest BCUT2D eigenvalue weighted by Crippen LogP contribution is -2.58. The van der Waals surface area contributed by atoms with Crippen LogP contribution in [0.4, 0.5) is 9.59 Å². The van der Waals surface area contributed by atoms with Gasteiger partial charge in [0.25, 0.3) is 0 Å². The minimum Gasteiger partial charge on any atom is -0.300 e. The number of fused-ring (bicyclic) bond motifs is 1. The molecule has 2 heterocycles. The molecule has 0 saturated carbocycles. The van der Waals surface area contributed by atoms with Gasteiger partial charge in [0.05, 0.1) is 0 Å². The molecule has 2 aliphatic rings. The Kier molecular flexibility index (Phi) is 9.15. The Labute approximate surface area is 185 Å². The summed E-state index contributed by atoms with van der Waals surface area (Å²) in [4.78, 5) is 34.1. The summed E-state index contributed by atoms with van der Waals surface area (Å²) in [7, 11) is 0. The first-order valence-corrected chi connectivity index (χ1v) is 12.1. The van der Waals surface area contributed by atoms with Crippen molar-refractivity contribution in [2.75, 3.05) is 49.2 Å². The maximum atomic E-state index is 13.3. The van der Waals surface area contributed by atoms with Crippen molar-refractivity contribution in [1.82, 2.24) is 19.6 Å². The molecule has 0 bridgehead atoms. The number of hydrogen-bond acceptors (Lipinski definition) is 6. The molecule has 4 amide bonds. The van der Waals surface area contributed by atoms with Gasteiger partial charge in [-0.3, -0.25) is 19.6 Å². The first kappa shape index (κ1) is 23.2. The van der Waals surface area contributed by atoms with Crippen LogP contribution in [0.15, 0.2) is 0 Å². The molecule has 6 nitrogen and oxygen atoms in total. The van der Waals surface area contributed by atoms with Crippen molar-refractivity contribution in [3.8, 4) is 0 Å². The Morgan fingerprint density at radius 1 is 0.704 bits per heavy atom. The molecule has 2 saturated heterocycles. The number of urea groups is 2. The molecule has 0 aromatic carbocycles. The van der Waals surface area contributed by atoms with Crippen molar-refractivity contribution in [2.24, 2.45) is 0 Å². The van der Waals surface area contributed by atoms with Gasteiger partial charge in [-0.15, -0.1) is 0 Å². The SMILES string of the molecule is CC12C(N(CCCS)C(=O)N1CCCS)N(CCCS)C(=O)N2CCCS. The number of rotatable bonds is 12. The van der Waals surface area contributed by atoms with Gasteiger partial charge < -0.3 is 0 Å². The average molecular weight is 453 g/mol. The molecule has 0 N–H and O–H groups in total. The number of thiol groups is 4. The van der Waals surface area contributed by atoms with E-state index in [0.29, 0.717) is 49.2 Å². The van der Waals surface area contributed by atoms with E-state index in [-0.39, 0.29) is 18.2 Å². The predicted molar refractivity (Wildman–Crippen MR) is 124 cm³/mol. The van der Waals surface area contributed by atoms with Gasteiger partial charge in [-0.25, -0.2) is 9.59 Å². The standard InChI is InChI=1S/C17H32N4O2S4/c1-17-14(18(6-2-10-24)15(22)20(17)8-4-12-26)19(7-3-11-25)16(23)21(17)9-5-13-27/h14,24-27H,2-13H2,1H3. The summed E-state index contributed by atoms with van der Waals surface area (Å²) in [5.41, 5.74) is -0.673. The lowest BCUT2D eigenvalue weighted by Gasteiger charge is -2.39. The monoisotopic (exact) mass is 452 g/mol. The van der Waals surface area contributed by atoms with Crippen LogP contribution in [0.2, 0.25) is 0 Å². The van der Waals surface area contributed by atoms with Gasteiger partial charge in [-0.05, 0) is 55.6 Å². The molecule has 2 aliphatic heterocycles. The number of hydrogen-bond donors (Lipinski definition) is 4. The fourth-order valence-corrected chi connectivity index (χ4v) is 4.68. The van der Waals surface area contributed by atoms with Gasteiger partial charge in [0.15, 0.2) is 11.8 Å². The summed E-state index contributed by atoms with van der Waals surface area (Å²) in [5.74, 6) is 2.82. The highest BCUT2D eigenvalue weighted by Crippen LogP contribution is 2.44. The zero-order chi connectivity index (χ0) is 20.0. The Bertz CT molecular complexity index is 485. The van der Waals surface area contributed by atoms with Crippen molar-refractivity contribution in [1.29, 1.82) is 0 Å². The third-order valence-corrected chi connectivity index (χ3v) is 6.58. The number of amides is 4. The molecule has 0 aliphatic carbocycles. The van der Waals surface area contributed by atoms with Gasteiger partial charge in [0, 0.05) is 26.2 Å². The quantitative estimate of drug-likeness (QED) is 0.344. The Morgan fingerprint density at radius 2 is 1.04 bits per heavy atom. The van der Waals surface area contributed by atoms with Gasteiger partial charge in [-0.2, -0.15) is 50.5 Å². The molecule has 27 heavy (non-hydrogen) atoms. The maximum absolute atomic E-state index is 13.3. The second-order valence-electron chi connectivity index (χ2n) is 7.03. The molecule has 0 atom stereocenters. The van der Waals surface area contributed by atoms with E-state index in [1.54, 1.807) is 0 Å².